The maximum absolute atomic E-state index is 13.2. The Bertz CT molecular complexity index is 690. The predicted octanol–water partition coefficient (Wildman–Crippen LogP) is 2.51. The van der Waals surface area contributed by atoms with Crippen molar-refractivity contribution in [1.29, 1.82) is 0 Å². The summed E-state index contributed by atoms with van der Waals surface area (Å²) >= 11 is 0. The van der Waals surface area contributed by atoms with Gasteiger partial charge in [-0.3, -0.25) is 4.79 Å². The number of halogens is 3. The Morgan fingerprint density at radius 1 is 1.23 bits per heavy atom. The molecule has 0 aliphatic heterocycles. The molecule has 0 aliphatic rings. The van der Waals surface area contributed by atoms with E-state index >= 15 is 0 Å². The van der Waals surface area contributed by atoms with Gasteiger partial charge < -0.3 is 15.4 Å². The molecule has 7 heteroatoms. The monoisotopic (exact) mass is 312 g/mol. The normalized spacial score (nSPS) is 12.3. The SMILES string of the molecule is Cc1cc(C)c(C(=O)NC(CO)c2cc(F)c(F)c(F)c2)[nH]1. The third-order valence-electron chi connectivity index (χ3n) is 3.27. The molecule has 0 fully saturated rings. The van der Waals surface area contributed by atoms with Crippen LogP contribution in [-0.4, -0.2) is 22.6 Å². The molecule has 1 aromatic heterocycles. The van der Waals surface area contributed by atoms with Crippen LogP contribution in [0, 0.1) is 31.3 Å². The molecule has 3 N–H and O–H groups in total. The van der Waals surface area contributed by atoms with Crippen molar-refractivity contribution in [2.24, 2.45) is 0 Å². The molecule has 2 aromatic rings. The highest BCUT2D eigenvalue weighted by Gasteiger charge is 2.20. The number of H-pyrrole nitrogens is 1. The van der Waals surface area contributed by atoms with Crippen LogP contribution in [0.2, 0.25) is 0 Å². The topological polar surface area (TPSA) is 65.1 Å². The zero-order chi connectivity index (χ0) is 16.4. The van der Waals surface area contributed by atoms with Crippen molar-refractivity contribution in [3.63, 3.8) is 0 Å². The Morgan fingerprint density at radius 2 is 1.82 bits per heavy atom. The van der Waals surface area contributed by atoms with E-state index in [-0.39, 0.29) is 5.56 Å². The summed E-state index contributed by atoms with van der Waals surface area (Å²) in [7, 11) is 0. The third kappa shape index (κ3) is 3.14. The van der Waals surface area contributed by atoms with E-state index in [1.54, 1.807) is 19.9 Å². The molecule has 0 aliphatic carbocycles. The molecule has 1 unspecified atom stereocenters. The number of hydrogen-bond acceptors (Lipinski definition) is 2. The lowest BCUT2D eigenvalue weighted by Gasteiger charge is -2.17. The lowest BCUT2D eigenvalue weighted by molar-refractivity contribution is 0.0910. The average Bonchev–Trinajstić information content (AvgIpc) is 2.80. The van der Waals surface area contributed by atoms with Gasteiger partial charge in [0.25, 0.3) is 5.91 Å². The van der Waals surface area contributed by atoms with Crippen LogP contribution in [0.1, 0.15) is 33.4 Å². The van der Waals surface area contributed by atoms with E-state index in [4.69, 9.17) is 0 Å². The maximum atomic E-state index is 13.2. The molecule has 4 nitrogen and oxygen atoms in total. The van der Waals surface area contributed by atoms with E-state index in [1.807, 2.05) is 0 Å². The van der Waals surface area contributed by atoms with Crippen molar-refractivity contribution in [3.8, 4) is 0 Å². The number of carbonyl (C=O) groups is 1. The van der Waals surface area contributed by atoms with Crippen molar-refractivity contribution >= 4 is 5.91 Å². The van der Waals surface area contributed by atoms with E-state index in [0.717, 1.165) is 17.8 Å². The van der Waals surface area contributed by atoms with Gasteiger partial charge in [-0.25, -0.2) is 13.2 Å². The molecule has 1 aromatic carbocycles. The molecule has 1 amide bonds. The maximum Gasteiger partial charge on any atom is 0.268 e. The van der Waals surface area contributed by atoms with Gasteiger partial charge in [-0.05, 0) is 43.2 Å². The van der Waals surface area contributed by atoms with Gasteiger partial charge in [-0.15, -0.1) is 0 Å². The number of aliphatic hydroxyl groups is 1. The van der Waals surface area contributed by atoms with Gasteiger partial charge in [-0.2, -0.15) is 0 Å². The Kier molecular flexibility index (Phi) is 4.56. The highest BCUT2D eigenvalue weighted by atomic mass is 19.2. The van der Waals surface area contributed by atoms with Crippen LogP contribution in [0.25, 0.3) is 0 Å². The smallest absolute Gasteiger partial charge is 0.268 e. The van der Waals surface area contributed by atoms with Crippen LogP contribution in [0.3, 0.4) is 0 Å². The van der Waals surface area contributed by atoms with Crippen molar-refractivity contribution in [2.45, 2.75) is 19.9 Å². The van der Waals surface area contributed by atoms with Gasteiger partial charge in [0, 0.05) is 5.69 Å². The second-order valence-corrected chi connectivity index (χ2v) is 5.02. The molecule has 118 valence electrons. The van der Waals surface area contributed by atoms with Crippen LogP contribution >= 0.6 is 0 Å². The van der Waals surface area contributed by atoms with Gasteiger partial charge in [0.1, 0.15) is 5.69 Å². The second-order valence-electron chi connectivity index (χ2n) is 5.02. The standard InChI is InChI=1S/C15H15F3N2O2/c1-7-3-8(2)19-14(7)15(22)20-12(6-21)9-4-10(16)13(18)11(17)5-9/h3-5,12,19,21H,6H2,1-2H3,(H,20,22). The number of aliphatic hydroxyl groups excluding tert-OH is 1. The first kappa shape index (κ1) is 16.1. The Balaban J connectivity index is 2.26. The van der Waals surface area contributed by atoms with E-state index in [9.17, 15) is 23.1 Å². The Morgan fingerprint density at radius 3 is 2.27 bits per heavy atom. The molecular weight excluding hydrogens is 297 g/mol. The summed E-state index contributed by atoms with van der Waals surface area (Å²) < 4.78 is 39.5. The summed E-state index contributed by atoms with van der Waals surface area (Å²) in [4.78, 5) is 15.0. The van der Waals surface area contributed by atoms with E-state index in [0.29, 0.717) is 11.3 Å². The highest BCUT2D eigenvalue weighted by Crippen LogP contribution is 2.20. The van der Waals surface area contributed by atoms with Crippen molar-refractivity contribution < 1.29 is 23.1 Å². The number of nitrogens with one attached hydrogen (secondary N) is 2. The Hall–Kier alpha value is -2.28. The fourth-order valence-corrected chi connectivity index (χ4v) is 2.21. The van der Waals surface area contributed by atoms with Crippen LogP contribution in [-0.2, 0) is 0 Å². The van der Waals surface area contributed by atoms with Crippen LogP contribution in [0.15, 0.2) is 18.2 Å². The van der Waals surface area contributed by atoms with Gasteiger partial charge in [0.05, 0.1) is 12.6 Å². The first-order valence-electron chi connectivity index (χ1n) is 6.55. The predicted molar refractivity (Wildman–Crippen MR) is 73.9 cm³/mol. The number of amides is 1. The molecule has 22 heavy (non-hydrogen) atoms. The largest absolute Gasteiger partial charge is 0.394 e. The molecule has 1 heterocycles. The number of aromatic amines is 1. The number of aromatic nitrogens is 1. The van der Waals surface area contributed by atoms with Gasteiger partial charge in [0.15, 0.2) is 17.5 Å². The van der Waals surface area contributed by atoms with Gasteiger partial charge in [0.2, 0.25) is 0 Å². The van der Waals surface area contributed by atoms with E-state index < -0.39 is 36.0 Å². The summed E-state index contributed by atoms with van der Waals surface area (Å²) in [5.74, 6) is -4.89. The summed E-state index contributed by atoms with van der Waals surface area (Å²) in [5.41, 5.74) is 1.71. The summed E-state index contributed by atoms with van der Waals surface area (Å²) in [5, 5.41) is 11.8. The number of rotatable bonds is 4. The molecule has 2 rings (SSSR count). The fourth-order valence-electron chi connectivity index (χ4n) is 2.21. The molecule has 0 radical (unpaired) electrons. The molecule has 1 atom stereocenters. The first-order valence-corrected chi connectivity index (χ1v) is 6.55. The minimum absolute atomic E-state index is 0.0619. The number of hydrogen-bond donors (Lipinski definition) is 3. The molecule has 0 bridgehead atoms. The lowest BCUT2D eigenvalue weighted by atomic mass is 10.1. The molecule has 0 spiro atoms. The minimum atomic E-state index is -1.59. The van der Waals surface area contributed by atoms with E-state index in [1.165, 1.54) is 0 Å². The van der Waals surface area contributed by atoms with Crippen LogP contribution < -0.4 is 5.32 Å². The van der Waals surface area contributed by atoms with Crippen LogP contribution in [0.4, 0.5) is 13.2 Å². The average molecular weight is 312 g/mol. The zero-order valence-electron chi connectivity index (χ0n) is 12.0. The van der Waals surface area contributed by atoms with E-state index in [2.05, 4.69) is 10.3 Å². The fraction of sp³-hybridized carbons (Fsp3) is 0.267. The zero-order valence-corrected chi connectivity index (χ0v) is 12.0. The third-order valence-corrected chi connectivity index (χ3v) is 3.27. The molecule has 0 saturated carbocycles. The van der Waals surface area contributed by atoms with Crippen molar-refractivity contribution in [2.75, 3.05) is 6.61 Å². The molecule has 0 saturated heterocycles. The molecular formula is C15H15F3N2O2. The Labute approximate surface area is 125 Å². The first-order chi connectivity index (χ1) is 10.3. The lowest BCUT2D eigenvalue weighted by Crippen LogP contribution is -2.31. The van der Waals surface area contributed by atoms with Gasteiger partial charge >= 0.3 is 0 Å². The van der Waals surface area contributed by atoms with Crippen molar-refractivity contribution in [3.05, 3.63) is 58.2 Å². The number of carbonyl (C=O) groups excluding carboxylic acids is 1. The van der Waals surface area contributed by atoms with Gasteiger partial charge in [-0.1, -0.05) is 0 Å². The summed E-state index contributed by atoms with van der Waals surface area (Å²) in [6.45, 7) is 2.91. The minimum Gasteiger partial charge on any atom is -0.394 e. The van der Waals surface area contributed by atoms with Crippen LogP contribution in [0.5, 0.6) is 0 Å². The quantitative estimate of drug-likeness (QED) is 0.760. The second kappa shape index (κ2) is 6.23. The highest BCUT2D eigenvalue weighted by molar-refractivity contribution is 5.94. The number of benzene rings is 1. The number of aryl methyl sites for hydroxylation is 2. The summed E-state index contributed by atoms with van der Waals surface area (Å²) in [6, 6.07) is 2.19. The van der Waals surface area contributed by atoms with Crippen molar-refractivity contribution in [1.82, 2.24) is 10.3 Å². The summed E-state index contributed by atoms with van der Waals surface area (Å²) in [6.07, 6.45) is 0.